The zero-order valence-corrected chi connectivity index (χ0v) is 10.1. The molecule has 0 radical (unpaired) electrons. The monoisotopic (exact) mass is 235 g/mol. The first kappa shape index (κ1) is 11.8. The first-order valence-corrected chi connectivity index (χ1v) is 5.81. The van der Waals surface area contributed by atoms with E-state index >= 15 is 0 Å². The second-order valence-corrected chi connectivity index (χ2v) is 5.17. The van der Waals surface area contributed by atoms with Crippen LogP contribution in [0.4, 0.5) is 5.82 Å². The summed E-state index contributed by atoms with van der Waals surface area (Å²) >= 11 is 0. The lowest BCUT2D eigenvalue weighted by atomic mass is 9.87. The van der Waals surface area contributed by atoms with Crippen molar-refractivity contribution in [1.29, 1.82) is 0 Å². The van der Waals surface area contributed by atoms with Crippen LogP contribution in [0.5, 0.6) is 0 Å². The molecule has 92 valence electrons. The number of carboxylic acids is 1. The number of carboxylic acid groups (broad SMARTS) is 1. The average molecular weight is 235 g/mol. The van der Waals surface area contributed by atoms with Crippen molar-refractivity contribution in [3.8, 4) is 0 Å². The summed E-state index contributed by atoms with van der Waals surface area (Å²) in [4.78, 5) is 18.7. The number of hydrogen-bond donors (Lipinski definition) is 2. The number of aromatic nitrogens is 2. The van der Waals surface area contributed by atoms with Crippen molar-refractivity contribution in [2.75, 3.05) is 5.32 Å². The predicted octanol–water partition coefficient (Wildman–Crippen LogP) is 2.17. The Morgan fingerprint density at radius 1 is 1.53 bits per heavy atom. The number of carbonyl (C=O) groups is 1. The molecule has 1 aromatic heterocycles. The Morgan fingerprint density at radius 3 is 2.88 bits per heavy atom. The molecule has 5 heteroatoms. The van der Waals surface area contributed by atoms with Gasteiger partial charge < -0.3 is 10.4 Å². The molecule has 0 aliphatic heterocycles. The van der Waals surface area contributed by atoms with Crippen LogP contribution >= 0.6 is 0 Å². The molecule has 0 bridgehead atoms. The van der Waals surface area contributed by atoms with Crippen LogP contribution < -0.4 is 5.32 Å². The van der Waals surface area contributed by atoms with E-state index in [0.717, 1.165) is 6.42 Å². The molecule has 2 N–H and O–H groups in total. The lowest BCUT2D eigenvalue weighted by Crippen LogP contribution is -2.31. The van der Waals surface area contributed by atoms with Gasteiger partial charge in [-0.05, 0) is 18.3 Å². The van der Waals surface area contributed by atoms with E-state index in [1.165, 1.54) is 19.0 Å². The summed E-state index contributed by atoms with van der Waals surface area (Å²) < 4.78 is 0. The van der Waals surface area contributed by atoms with Crippen LogP contribution in [0.15, 0.2) is 12.4 Å². The molecule has 1 saturated carbocycles. The van der Waals surface area contributed by atoms with Crippen LogP contribution in [0.3, 0.4) is 0 Å². The van der Waals surface area contributed by atoms with Gasteiger partial charge in [-0.25, -0.2) is 9.78 Å². The van der Waals surface area contributed by atoms with E-state index in [2.05, 4.69) is 29.1 Å². The zero-order chi connectivity index (χ0) is 12.5. The maximum absolute atomic E-state index is 10.8. The molecule has 0 saturated heterocycles. The number of aromatic carboxylic acids is 1. The quantitative estimate of drug-likeness (QED) is 0.839. The van der Waals surface area contributed by atoms with Gasteiger partial charge in [0.15, 0.2) is 5.69 Å². The fraction of sp³-hybridized carbons (Fsp3) is 0.583. The third-order valence-electron chi connectivity index (χ3n) is 3.43. The van der Waals surface area contributed by atoms with Crippen molar-refractivity contribution in [1.82, 2.24) is 9.97 Å². The molecule has 0 spiro atoms. The molecule has 1 heterocycles. The van der Waals surface area contributed by atoms with Crippen LogP contribution in [0, 0.1) is 5.41 Å². The van der Waals surface area contributed by atoms with Crippen molar-refractivity contribution in [2.24, 2.45) is 5.41 Å². The summed E-state index contributed by atoms with van der Waals surface area (Å²) in [5.41, 5.74) is 0.201. The third-order valence-corrected chi connectivity index (χ3v) is 3.43. The summed E-state index contributed by atoms with van der Waals surface area (Å²) in [6.45, 7) is 4.43. The Morgan fingerprint density at radius 2 is 2.29 bits per heavy atom. The summed E-state index contributed by atoms with van der Waals surface area (Å²) in [7, 11) is 0. The van der Waals surface area contributed by atoms with Gasteiger partial charge >= 0.3 is 5.97 Å². The summed E-state index contributed by atoms with van der Waals surface area (Å²) in [5, 5.41) is 12.1. The normalized spacial score (nSPS) is 22.4. The maximum atomic E-state index is 10.8. The van der Waals surface area contributed by atoms with Crippen molar-refractivity contribution in [3.63, 3.8) is 0 Å². The minimum atomic E-state index is -1.05. The van der Waals surface area contributed by atoms with Crippen LogP contribution in [0.25, 0.3) is 0 Å². The van der Waals surface area contributed by atoms with Gasteiger partial charge in [-0.2, -0.15) is 0 Å². The van der Waals surface area contributed by atoms with Gasteiger partial charge in [0.25, 0.3) is 0 Å². The van der Waals surface area contributed by atoms with Crippen LogP contribution in [-0.2, 0) is 0 Å². The lowest BCUT2D eigenvalue weighted by molar-refractivity contribution is 0.0690. The topological polar surface area (TPSA) is 75.1 Å². The van der Waals surface area contributed by atoms with Gasteiger partial charge in [0, 0.05) is 6.04 Å². The molecule has 1 atom stereocenters. The molecule has 5 nitrogen and oxygen atoms in total. The number of anilines is 1. The second-order valence-electron chi connectivity index (χ2n) is 5.17. The fourth-order valence-electron chi connectivity index (χ4n) is 2.31. The van der Waals surface area contributed by atoms with Crippen LogP contribution in [0.1, 0.15) is 43.6 Å². The Hall–Kier alpha value is -1.65. The van der Waals surface area contributed by atoms with Gasteiger partial charge in [-0.1, -0.05) is 20.3 Å². The van der Waals surface area contributed by atoms with Crippen LogP contribution in [-0.4, -0.2) is 27.1 Å². The molecule has 17 heavy (non-hydrogen) atoms. The third kappa shape index (κ3) is 2.54. The first-order chi connectivity index (χ1) is 7.99. The highest BCUT2D eigenvalue weighted by atomic mass is 16.4. The van der Waals surface area contributed by atoms with Gasteiger partial charge in [-0.3, -0.25) is 4.98 Å². The highest BCUT2D eigenvalue weighted by Gasteiger charge is 2.34. The summed E-state index contributed by atoms with van der Waals surface area (Å²) in [6.07, 6.45) is 6.29. The van der Waals surface area contributed by atoms with Crippen molar-refractivity contribution in [3.05, 3.63) is 18.1 Å². The first-order valence-electron chi connectivity index (χ1n) is 5.81. The molecule has 0 amide bonds. The largest absolute Gasteiger partial charge is 0.476 e. The van der Waals surface area contributed by atoms with E-state index in [0.29, 0.717) is 11.9 Å². The highest BCUT2D eigenvalue weighted by Crippen LogP contribution is 2.38. The molecule has 2 rings (SSSR count). The van der Waals surface area contributed by atoms with Crippen LogP contribution in [0.2, 0.25) is 0 Å². The Labute approximate surface area is 100 Å². The number of nitrogens with one attached hydrogen (secondary N) is 1. The number of rotatable bonds is 3. The minimum Gasteiger partial charge on any atom is -0.476 e. The second kappa shape index (κ2) is 4.31. The van der Waals surface area contributed by atoms with Gasteiger partial charge in [-0.15, -0.1) is 0 Å². The van der Waals surface area contributed by atoms with E-state index < -0.39 is 5.97 Å². The summed E-state index contributed by atoms with van der Waals surface area (Å²) in [6, 6.07) is 0.334. The molecular formula is C12H17N3O2. The Balaban J connectivity index is 2.13. The lowest BCUT2D eigenvalue weighted by Gasteiger charge is -2.28. The van der Waals surface area contributed by atoms with E-state index in [9.17, 15) is 4.79 Å². The molecule has 0 aromatic carbocycles. The van der Waals surface area contributed by atoms with Gasteiger partial charge in [0.2, 0.25) is 0 Å². The van der Waals surface area contributed by atoms with Crippen molar-refractivity contribution in [2.45, 2.75) is 39.2 Å². The SMILES string of the molecule is CC1(C)CCCC1Nc1cncc(C(=O)O)n1. The number of hydrogen-bond acceptors (Lipinski definition) is 4. The maximum Gasteiger partial charge on any atom is 0.356 e. The molecular weight excluding hydrogens is 218 g/mol. The molecule has 1 aliphatic rings. The predicted molar refractivity (Wildman–Crippen MR) is 64.0 cm³/mol. The Kier molecular flexibility index (Phi) is 3.00. The smallest absolute Gasteiger partial charge is 0.356 e. The van der Waals surface area contributed by atoms with Gasteiger partial charge in [0.05, 0.1) is 12.4 Å². The Bertz CT molecular complexity index is 432. The molecule has 1 aromatic rings. The van der Waals surface area contributed by atoms with E-state index in [-0.39, 0.29) is 11.1 Å². The molecule has 1 unspecified atom stereocenters. The van der Waals surface area contributed by atoms with Crippen molar-refractivity contribution < 1.29 is 9.90 Å². The standard InChI is InChI=1S/C12H17N3O2/c1-12(2)5-3-4-9(12)15-10-7-13-6-8(14-10)11(16)17/h6-7,9H,3-5H2,1-2H3,(H,14,15)(H,16,17). The van der Waals surface area contributed by atoms with E-state index in [4.69, 9.17) is 5.11 Å². The minimum absolute atomic E-state index is 0.0224. The molecule has 1 aliphatic carbocycles. The summed E-state index contributed by atoms with van der Waals surface area (Å²) in [5.74, 6) is -0.503. The number of nitrogens with zero attached hydrogens (tertiary/aromatic N) is 2. The zero-order valence-electron chi connectivity index (χ0n) is 10.1. The average Bonchev–Trinajstić information content (AvgIpc) is 2.59. The van der Waals surface area contributed by atoms with Gasteiger partial charge in [0.1, 0.15) is 5.82 Å². The van der Waals surface area contributed by atoms with E-state index in [1.807, 2.05) is 0 Å². The van der Waals surface area contributed by atoms with Crippen molar-refractivity contribution >= 4 is 11.8 Å². The van der Waals surface area contributed by atoms with E-state index in [1.54, 1.807) is 6.20 Å². The fourth-order valence-corrected chi connectivity index (χ4v) is 2.31. The molecule has 1 fully saturated rings. The highest BCUT2D eigenvalue weighted by molar-refractivity contribution is 5.85.